The molecule has 2 fully saturated rings. The number of methoxy groups -OCH3 is 2. The van der Waals surface area contributed by atoms with Gasteiger partial charge in [-0.05, 0) is 94.6 Å². The molecule has 0 radical (unpaired) electrons. The quantitative estimate of drug-likeness (QED) is 0.441. The van der Waals surface area contributed by atoms with E-state index in [4.69, 9.17) is 9.47 Å². The highest BCUT2D eigenvalue weighted by Gasteiger charge is 2.27. The molecule has 0 aliphatic carbocycles. The summed E-state index contributed by atoms with van der Waals surface area (Å²) in [7, 11) is 3.37. The van der Waals surface area contributed by atoms with Gasteiger partial charge in [0.1, 0.15) is 0 Å². The van der Waals surface area contributed by atoms with E-state index >= 15 is 0 Å². The molecule has 6 nitrogen and oxygen atoms in total. The summed E-state index contributed by atoms with van der Waals surface area (Å²) in [6.07, 6.45) is 4.82. The van der Waals surface area contributed by atoms with E-state index in [1.54, 1.807) is 14.2 Å². The number of rotatable bonds is 7. The molecule has 6 heteroatoms. The molecule has 5 rings (SSSR count). The van der Waals surface area contributed by atoms with Gasteiger partial charge in [-0.15, -0.1) is 0 Å². The van der Waals surface area contributed by atoms with Crippen molar-refractivity contribution in [2.75, 3.05) is 58.4 Å². The van der Waals surface area contributed by atoms with Crippen LogP contribution in [-0.4, -0.2) is 80.4 Å². The number of nitrogens with zero attached hydrogens (tertiary/aromatic N) is 3. The summed E-state index contributed by atoms with van der Waals surface area (Å²) >= 11 is 0. The summed E-state index contributed by atoms with van der Waals surface area (Å²) in [5, 5.41) is 1.33. The van der Waals surface area contributed by atoms with Crippen LogP contribution in [0.5, 0.6) is 11.5 Å². The van der Waals surface area contributed by atoms with Gasteiger partial charge in [0.15, 0.2) is 11.5 Å². The highest BCUT2D eigenvalue weighted by molar-refractivity contribution is 5.93. The van der Waals surface area contributed by atoms with Gasteiger partial charge in [0.25, 0.3) is 0 Å². The van der Waals surface area contributed by atoms with Crippen molar-refractivity contribution in [1.82, 2.24) is 14.8 Å². The SMILES string of the molecule is CCc1c(-c2ccc(OC)c(OC)c2)[nH]c2ccc(N3CCCN(C4CCN(C(C)C)CC4)CC3)cc12. The molecular weight excluding hydrogens is 460 g/mol. The van der Waals surface area contributed by atoms with Gasteiger partial charge in [0.2, 0.25) is 0 Å². The zero-order valence-electron chi connectivity index (χ0n) is 23.3. The number of aromatic amines is 1. The maximum Gasteiger partial charge on any atom is 0.161 e. The van der Waals surface area contributed by atoms with Gasteiger partial charge in [-0.1, -0.05) is 6.92 Å². The number of hydrogen-bond donors (Lipinski definition) is 1. The third-order valence-corrected chi connectivity index (χ3v) is 8.56. The maximum atomic E-state index is 5.57. The molecule has 2 aliphatic rings. The van der Waals surface area contributed by atoms with Crippen LogP contribution in [0.15, 0.2) is 36.4 Å². The minimum atomic E-state index is 0.671. The van der Waals surface area contributed by atoms with E-state index in [2.05, 4.69) is 70.8 Å². The first-order valence-corrected chi connectivity index (χ1v) is 14.1. The monoisotopic (exact) mass is 504 g/mol. The summed E-state index contributed by atoms with van der Waals surface area (Å²) < 4.78 is 11.0. The lowest BCUT2D eigenvalue weighted by Gasteiger charge is -2.39. The van der Waals surface area contributed by atoms with Crippen molar-refractivity contribution in [2.24, 2.45) is 0 Å². The summed E-state index contributed by atoms with van der Waals surface area (Å²) in [5.41, 5.74) is 6.19. The summed E-state index contributed by atoms with van der Waals surface area (Å²) in [5.74, 6) is 1.51. The fourth-order valence-corrected chi connectivity index (χ4v) is 6.37. The van der Waals surface area contributed by atoms with Crippen molar-refractivity contribution >= 4 is 16.6 Å². The van der Waals surface area contributed by atoms with Crippen LogP contribution < -0.4 is 14.4 Å². The Morgan fingerprint density at radius 3 is 2.38 bits per heavy atom. The van der Waals surface area contributed by atoms with Gasteiger partial charge in [-0.25, -0.2) is 0 Å². The lowest BCUT2D eigenvalue weighted by molar-refractivity contribution is 0.0965. The predicted octanol–water partition coefficient (Wildman–Crippen LogP) is 5.80. The third kappa shape index (κ3) is 5.32. The smallest absolute Gasteiger partial charge is 0.161 e. The first-order valence-electron chi connectivity index (χ1n) is 14.1. The molecule has 37 heavy (non-hydrogen) atoms. The molecule has 2 aliphatic heterocycles. The second-order valence-corrected chi connectivity index (χ2v) is 10.9. The number of benzene rings is 2. The van der Waals surface area contributed by atoms with Crippen molar-refractivity contribution in [1.29, 1.82) is 0 Å². The number of hydrogen-bond acceptors (Lipinski definition) is 5. The molecule has 3 aromatic rings. The largest absolute Gasteiger partial charge is 0.493 e. The van der Waals surface area contributed by atoms with Crippen LogP contribution in [0.1, 0.15) is 45.6 Å². The molecule has 200 valence electrons. The predicted molar refractivity (Wildman–Crippen MR) is 154 cm³/mol. The standard InChI is InChI=1S/C31H44N4O2/c1-6-26-27-21-25(9-10-28(27)32-31(26)23-8-11-29(36-4)30(20-23)37-5)35-15-7-14-34(18-19-35)24-12-16-33(17-13-24)22(2)3/h8-11,20-22,24,32H,6-7,12-19H2,1-5H3. The molecule has 1 aromatic heterocycles. The lowest BCUT2D eigenvalue weighted by Crippen LogP contribution is -2.47. The van der Waals surface area contributed by atoms with Gasteiger partial charge in [0, 0.05) is 66.1 Å². The number of aryl methyl sites for hydroxylation is 1. The Labute approximate surface area is 222 Å². The number of piperidine rings is 1. The second-order valence-electron chi connectivity index (χ2n) is 10.9. The number of ether oxygens (including phenoxy) is 2. The minimum absolute atomic E-state index is 0.671. The van der Waals surface area contributed by atoms with E-state index < -0.39 is 0 Å². The van der Waals surface area contributed by atoms with E-state index in [1.165, 1.54) is 66.7 Å². The van der Waals surface area contributed by atoms with Crippen LogP contribution in [0.2, 0.25) is 0 Å². The van der Waals surface area contributed by atoms with Crippen molar-refractivity contribution in [3.05, 3.63) is 42.0 Å². The minimum Gasteiger partial charge on any atom is -0.493 e. The van der Waals surface area contributed by atoms with E-state index in [1.807, 2.05) is 6.07 Å². The zero-order chi connectivity index (χ0) is 25.9. The second kappa shape index (κ2) is 11.4. The highest BCUT2D eigenvalue weighted by Crippen LogP contribution is 2.37. The van der Waals surface area contributed by atoms with Gasteiger partial charge in [-0.2, -0.15) is 0 Å². The number of fused-ring (bicyclic) bond motifs is 1. The first kappa shape index (κ1) is 25.9. The highest BCUT2D eigenvalue weighted by atomic mass is 16.5. The average Bonchev–Trinajstić information content (AvgIpc) is 3.12. The molecule has 0 bridgehead atoms. The van der Waals surface area contributed by atoms with Gasteiger partial charge >= 0.3 is 0 Å². The lowest BCUT2D eigenvalue weighted by atomic mass is 10.0. The Kier molecular flexibility index (Phi) is 7.96. The van der Waals surface area contributed by atoms with Crippen LogP contribution in [0.3, 0.4) is 0 Å². The fourth-order valence-electron chi connectivity index (χ4n) is 6.37. The van der Waals surface area contributed by atoms with Crippen LogP contribution in [0.4, 0.5) is 5.69 Å². The van der Waals surface area contributed by atoms with E-state index in [9.17, 15) is 0 Å². The van der Waals surface area contributed by atoms with Crippen molar-refractivity contribution in [2.45, 2.75) is 58.5 Å². The summed E-state index contributed by atoms with van der Waals surface area (Å²) in [6.45, 7) is 14.0. The van der Waals surface area contributed by atoms with Crippen LogP contribution >= 0.6 is 0 Å². The molecule has 3 heterocycles. The Hall–Kier alpha value is -2.70. The molecule has 0 atom stereocenters. The van der Waals surface area contributed by atoms with E-state index in [0.717, 1.165) is 49.2 Å². The van der Waals surface area contributed by atoms with Gasteiger partial charge < -0.3 is 24.3 Å². The van der Waals surface area contributed by atoms with Gasteiger partial charge in [0.05, 0.1) is 14.2 Å². The summed E-state index contributed by atoms with van der Waals surface area (Å²) in [6, 6.07) is 14.6. The normalized spacial score (nSPS) is 18.5. The average molecular weight is 505 g/mol. The molecule has 0 saturated carbocycles. The Balaban J connectivity index is 1.34. The molecular formula is C31H44N4O2. The molecule has 0 spiro atoms. The maximum absolute atomic E-state index is 5.57. The van der Waals surface area contributed by atoms with Crippen LogP contribution in [-0.2, 0) is 6.42 Å². The third-order valence-electron chi connectivity index (χ3n) is 8.56. The Morgan fingerprint density at radius 1 is 0.892 bits per heavy atom. The molecule has 2 aromatic carbocycles. The van der Waals surface area contributed by atoms with Crippen LogP contribution in [0.25, 0.3) is 22.2 Å². The Bertz CT molecular complexity index is 1200. The summed E-state index contributed by atoms with van der Waals surface area (Å²) in [4.78, 5) is 11.7. The number of nitrogens with one attached hydrogen (secondary N) is 1. The van der Waals surface area contributed by atoms with Gasteiger partial charge in [-0.3, -0.25) is 4.90 Å². The van der Waals surface area contributed by atoms with Crippen molar-refractivity contribution in [3.8, 4) is 22.8 Å². The topological polar surface area (TPSA) is 44.0 Å². The van der Waals surface area contributed by atoms with Crippen molar-refractivity contribution in [3.63, 3.8) is 0 Å². The Morgan fingerprint density at radius 2 is 1.68 bits per heavy atom. The van der Waals surface area contributed by atoms with Crippen LogP contribution in [0, 0.1) is 0 Å². The van der Waals surface area contributed by atoms with Crippen molar-refractivity contribution < 1.29 is 9.47 Å². The first-order chi connectivity index (χ1) is 18.0. The number of likely N-dealkylation sites (tertiary alicyclic amines) is 1. The molecule has 0 amide bonds. The van der Waals surface area contributed by atoms with E-state index in [-0.39, 0.29) is 0 Å². The zero-order valence-corrected chi connectivity index (χ0v) is 23.3. The fraction of sp³-hybridized carbons (Fsp3) is 0.548. The number of H-pyrrole nitrogens is 1. The number of anilines is 1. The molecule has 1 N–H and O–H groups in total. The molecule has 0 unspecified atom stereocenters. The number of aromatic nitrogens is 1. The molecule has 2 saturated heterocycles. The van der Waals surface area contributed by atoms with E-state index in [0.29, 0.717) is 6.04 Å².